The van der Waals surface area contributed by atoms with Crippen molar-refractivity contribution in [3.63, 3.8) is 0 Å². The largest absolute Gasteiger partial charge is 0.469 e. The summed E-state index contributed by atoms with van der Waals surface area (Å²) in [6, 6.07) is 8.46. The molecule has 1 saturated carbocycles. The minimum Gasteiger partial charge on any atom is -0.469 e. The molecule has 3 rings (SSSR count). The third-order valence-electron chi connectivity index (χ3n) is 4.17. The number of esters is 1. The van der Waals surface area contributed by atoms with Gasteiger partial charge in [0.15, 0.2) is 0 Å². The number of rotatable bonds is 2. The van der Waals surface area contributed by atoms with Crippen LogP contribution in [0.2, 0.25) is 0 Å². The van der Waals surface area contributed by atoms with Crippen molar-refractivity contribution in [3.8, 4) is 0 Å². The van der Waals surface area contributed by atoms with Crippen molar-refractivity contribution in [2.24, 2.45) is 17.8 Å². The highest BCUT2D eigenvalue weighted by Gasteiger charge is 2.57. The summed E-state index contributed by atoms with van der Waals surface area (Å²) in [6.07, 6.45) is 2.29. The fourth-order valence-electron chi connectivity index (χ4n) is 3.23. The molecule has 1 fully saturated rings. The van der Waals surface area contributed by atoms with Crippen LogP contribution in [0, 0.1) is 17.8 Å². The molecule has 0 saturated heterocycles. The van der Waals surface area contributed by atoms with Gasteiger partial charge in [0.2, 0.25) is 0 Å². The molecule has 2 heteroatoms. The Labute approximate surface area is 108 Å². The van der Waals surface area contributed by atoms with Gasteiger partial charge >= 0.3 is 5.97 Å². The van der Waals surface area contributed by atoms with Crippen molar-refractivity contribution >= 4 is 11.5 Å². The molecule has 0 spiro atoms. The summed E-state index contributed by atoms with van der Waals surface area (Å²) in [4.78, 5) is 11.8. The summed E-state index contributed by atoms with van der Waals surface area (Å²) in [5.74, 6) is 1.15. The van der Waals surface area contributed by atoms with Crippen LogP contribution in [-0.4, -0.2) is 13.1 Å². The van der Waals surface area contributed by atoms with Gasteiger partial charge in [0.1, 0.15) is 0 Å². The highest BCUT2D eigenvalue weighted by atomic mass is 16.5. The molecule has 18 heavy (non-hydrogen) atoms. The van der Waals surface area contributed by atoms with E-state index in [1.807, 2.05) is 0 Å². The summed E-state index contributed by atoms with van der Waals surface area (Å²) in [5.41, 5.74) is 4.02. The first-order valence-electron chi connectivity index (χ1n) is 6.54. The topological polar surface area (TPSA) is 26.3 Å². The van der Waals surface area contributed by atoms with Gasteiger partial charge in [-0.2, -0.15) is 0 Å². The number of carbonyl (C=O) groups is 1. The molecular weight excluding hydrogens is 224 g/mol. The Bertz CT molecular complexity index is 528. The molecule has 1 aromatic carbocycles. The van der Waals surface area contributed by atoms with Gasteiger partial charge in [-0.25, -0.2) is 0 Å². The second-order valence-corrected chi connectivity index (χ2v) is 5.52. The average Bonchev–Trinajstić information content (AvgIpc) is 3.11. The van der Waals surface area contributed by atoms with Gasteiger partial charge in [-0.05, 0) is 28.5 Å². The number of hydrogen-bond acceptors (Lipinski definition) is 2. The van der Waals surface area contributed by atoms with Crippen LogP contribution in [0.25, 0.3) is 5.57 Å². The lowest BCUT2D eigenvalue weighted by Gasteiger charge is -2.19. The Hall–Kier alpha value is -1.57. The van der Waals surface area contributed by atoms with Crippen molar-refractivity contribution < 1.29 is 9.53 Å². The lowest BCUT2D eigenvalue weighted by molar-refractivity contribution is -0.142. The van der Waals surface area contributed by atoms with E-state index in [1.54, 1.807) is 0 Å². The highest BCUT2D eigenvalue weighted by molar-refractivity contribution is 5.84. The molecule has 0 amide bonds. The van der Waals surface area contributed by atoms with Crippen LogP contribution in [0.5, 0.6) is 0 Å². The maximum absolute atomic E-state index is 11.8. The third kappa shape index (κ3) is 1.52. The van der Waals surface area contributed by atoms with E-state index in [0.717, 1.165) is 0 Å². The molecule has 3 atom stereocenters. The second kappa shape index (κ2) is 3.98. The predicted molar refractivity (Wildman–Crippen MR) is 71.0 cm³/mol. The van der Waals surface area contributed by atoms with E-state index in [9.17, 15) is 4.79 Å². The standard InChI is InChI=1S/C16H18O2/c1-9(2)12-8-13-14(15(13)16(17)18-3)11-7-5-4-6-10(11)12/h4-9,13-15H,1-3H3/t13-,14+,15-/m0/s1. The molecule has 1 aromatic rings. The molecule has 2 nitrogen and oxygen atoms in total. The smallest absolute Gasteiger partial charge is 0.309 e. The fourth-order valence-corrected chi connectivity index (χ4v) is 3.23. The summed E-state index contributed by atoms with van der Waals surface area (Å²) < 4.78 is 4.91. The normalized spacial score (nSPS) is 28.2. The average molecular weight is 242 g/mol. The Morgan fingerprint density at radius 1 is 1.28 bits per heavy atom. The maximum atomic E-state index is 11.8. The molecule has 94 valence electrons. The van der Waals surface area contributed by atoms with E-state index in [-0.39, 0.29) is 11.9 Å². The minimum absolute atomic E-state index is 0.0346. The fraction of sp³-hybridized carbons (Fsp3) is 0.438. The van der Waals surface area contributed by atoms with E-state index in [0.29, 0.717) is 17.8 Å². The van der Waals surface area contributed by atoms with Crippen LogP contribution in [0.3, 0.4) is 0 Å². The van der Waals surface area contributed by atoms with Gasteiger partial charge in [-0.3, -0.25) is 4.79 Å². The van der Waals surface area contributed by atoms with Crippen molar-refractivity contribution in [1.82, 2.24) is 0 Å². The lowest BCUT2D eigenvalue weighted by atomic mass is 9.85. The van der Waals surface area contributed by atoms with E-state index < -0.39 is 0 Å². The predicted octanol–water partition coefficient (Wildman–Crippen LogP) is 3.24. The zero-order valence-corrected chi connectivity index (χ0v) is 11.0. The lowest BCUT2D eigenvalue weighted by Crippen LogP contribution is -2.04. The number of carbonyl (C=O) groups excluding carboxylic acids is 1. The van der Waals surface area contributed by atoms with Gasteiger partial charge in [0.05, 0.1) is 13.0 Å². The number of methoxy groups -OCH3 is 1. The number of fused-ring (bicyclic) bond motifs is 3. The summed E-state index contributed by atoms with van der Waals surface area (Å²) in [6.45, 7) is 4.41. The first-order chi connectivity index (χ1) is 8.65. The second-order valence-electron chi connectivity index (χ2n) is 5.52. The molecule has 0 heterocycles. The third-order valence-corrected chi connectivity index (χ3v) is 4.17. The quantitative estimate of drug-likeness (QED) is 0.744. The van der Waals surface area contributed by atoms with Crippen molar-refractivity contribution in [2.45, 2.75) is 19.8 Å². The molecule has 0 radical (unpaired) electrons. The molecule has 0 N–H and O–H groups in total. The van der Waals surface area contributed by atoms with Gasteiger partial charge in [0.25, 0.3) is 0 Å². The van der Waals surface area contributed by atoms with E-state index in [1.165, 1.54) is 23.8 Å². The molecule has 0 aromatic heterocycles. The molecule has 2 aliphatic carbocycles. The van der Waals surface area contributed by atoms with Crippen molar-refractivity contribution in [2.75, 3.05) is 7.11 Å². The van der Waals surface area contributed by atoms with E-state index in [2.05, 4.69) is 44.2 Å². The number of hydrogen-bond donors (Lipinski definition) is 0. The zero-order valence-electron chi connectivity index (χ0n) is 11.0. The Morgan fingerprint density at radius 3 is 2.67 bits per heavy atom. The molecule has 0 unspecified atom stereocenters. The zero-order chi connectivity index (χ0) is 12.9. The SMILES string of the molecule is COC(=O)[C@H]1[C@H]2C=C(C(C)C)c3ccccc3[C@H]21. The van der Waals surface area contributed by atoms with Gasteiger partial charge in [-0.1, -0.05) is 44.2 Å². The van der Waals surface area contributed by atoms with Crippen molar-refractivity contribution in [3.05, 3.63) is 41.5 Å². The maximum Gasteiger partial charge on any atom is 0.309 e. The van der Waals surface area contributed by atoms with Gasteiger partial charge in [0, 0.05) is 5.92 Å². The first kappa shape index (κ1) is 11.5. The molecule has 2 aliphatic rings. The monoisotopic (exact) mass is 242 g/mol. The van der Waals surface area contributed by atoms with Crippen LogP contribution in [0.4, 0.5) is 0 Å². The van der Waals surface area contributed by atoms with E-state index in [4.69, 9.17) is 4.74 Å². The Kier molecular flexibility index (Phi) is 2.54. The number of allylic oxidation sites excluding steroid dienone is 2. The minimum atomic E-state index is -0.0685. The summed E-state index contributed by atoms with van der Waals surface area (Å²) >= 11 is 0. The Balaban J connectivity index is 2.05. The van der Waals surface area contributed by atoms with Gasteiger partial charge < -0.3 is 4.74 Å². The highest BCUT2D eigenvalue weighted by Crippen LogP contribution is 2.60. The first-order valence-corrected chi connectivity index (χ1v) is 6.54. The Morgan fingerprint density at radius 2 is 2.00 bits per heavy atom. The van der Waals surface area contributed by atoms with Crippen LogP contribution >= 0.6 is 0 Å². The molecule has 0 bridgehead atoms. The van der Waals surface area contributed by atoms with Crippen molar-refractivity contribution in [1.29, 1.82) is 0 Å². The summed E-state index contributed by atoms with van der Waals surface area (Å²) in [7, 11) is 1.48. The number of ether oxygens (including phenoxy) is 1. The van der Waals surface area contributed by atoms with Crippen LogP contribution in [0.1, 0.15) is 30.9 Å². The van der Waals surface area contributed by atoms with Gasteiger partial charge in [-0.15, -0.1) is 0 Å². The molecular formula is C16H18O2. The van der Waals surface area contributed by atoms with E-state index >= 15 is 0 Å². The molecule has 0 aliphatic heterocycles. The van der Waals surface area contributed by atoms with Crippen LogP contribution in [-0.2, 0) is 9.53 Å². The van der Waals surface area contributed by atoms with Crippen LogP contribution in [0.15, 0.2) is 30.3 Å². The number of benzene rings is 1. The summed E-state index contributed by atoms with van der Waals surface area (Å²) in [5, 5.41) is 0. The van der Waals surface area contributed by atoms with Crippen LogP contribution < -0.4 is 0 Å².